The van der Waals surface area contributed by atoms with Crippen molar-refractivity contribution in [2.45, 2.75) is 50.1 Å². The molecule has 0 saturated carbocycles. The van der Waals surface area contributed by atoms with E-state index in [1.165, 1.54) is 24.3 Å². The minimum absolute atomic E-state index is 0.233. The number of halogens is 2. The highest BCUT2D eigenvalue weighted by Crippen LogP contribution is 2.45. The zero-order chi connectivity index (χ0) is 35.6. The molecule has 1 aliphatic heterocycles. The first kappa shape index (κ1) is 37.5. The van der Waals surface area contributed by atoms with E-state index in [-0.39, 0.29) is 18.2 Å². The van der Waals surface area contributed by atoms with Crippen molar-refractivity contribution in [2.24, 2.45) is 0 Å². The molecule has 0 fully saturated rings. The molecule has 49 heavy (non-hydrogen) atoms. The standard InChI is InChI=1S/C21H24FNO2.C21H22FNO/c1-4-16-6-11-20(17(14-16)15-24)21(25,12-5-13-23(2)3)18-7-9-19(22)10-8-18;1-4-16-6-11-20-17(14-16)15-24-21(20,12-5-13-23(2)3)18-7-9-19(22)10-8-18/h1,6-11,14,24-25H,5,12-13,15H2,2-3H3;1,6-11,14H,5,12-13,15H2,2-3H3/t2*21-/m00/s1. The molecule has 1 heterocycles. The summed E-state index contributed by atoms with van der Waals surface area (Å²) in [5.41, 5.74) is 4.69. The van der Waals surface area contributed by atoms with Crippen molar-refractivity contribution in [1.29, 1.82) is 0 Å². The van der Waals surface area contributed by atoms with Gasteiger partial charge in [0.2, 0.25) is 0 Å². The second-order valence-electron chi connectivity index (χ2n) is 13.0. The van der Waals surface area contributed by atoms with E-state index in [0.29, 0.717) is 35.3 Å². The van der Waals surface area contributed by atoms with Gasteiger partial charge in [-0.25, -0.2) is 8.78 Å². The van der Waals surface area contributed by atoms with E-state index in [1.54, 1.807) is 30.3 Å². The van der Waals surface area contributed by atoms with E-state index < -0.39 is 11.2 Å². The number of hydrogen-bond acceptors (Lipinski definition) is 5. The number of nitrogens with zero attached hydrogens (tertiary/aromatic N) is 2. The summed E-state index contributed by atoms with van der Waals surface area (Å²) in [6.07, 6.45) is 14.0. The summed E-state index contributed by atoms with van der Waals surface area (Å²) in [4.78, 5) is 4.20. The highest BCUT2D eigenvalue weighted by Gasteiger charge is 2.41. The first-order valence-electron chi connectivity index (χ1n) is 16.4. The molecular formula is C42H46F2N2O3. The van der Waals surface area contributed by atoms with Crippen LogP contribution in [-0.2, 0) is 29.2 Å². The summed E-state index contributed by atoms with van der Waals surface area (Å²) in [6.45, 7) is 2.08. The van der Waals surface area contributed by atoms with Crippen molar-refractivity contribution >= 4 is 0 Å². The Morgan fingerprint density at radius 2 is 1.37 bits per heavy atom. The summed E-state index contributed by atoms with van der Waals surface area (Å²) in [5.74, 6) is 4.62. The van der Waals surface area contributed by atoms with Crippen LogP contribution in [0.3, 0.4) is 0 Å². The Labute approximate surface area is 290 Å². The number of aliphatic hydroxyl groups is 2. The SMILES string of the molecule is C#Cc1ccc([C@](O)(CCCN(C)C)c2ccc(F)cc2)c(CO)c1.C#Cc1ccc2c(c1)CO[C@@]2(CCCN(C)C)c1ccc(F)cc1. The number of rotatable bonds is 12. The molecule has 0 radical (unpaired) electrons. The van der Waals surface area contributed by atoms with E-state index in [2.05, 4.69) is 36.9 Å². The quantitative estimate of drug-likeness (QED) is 0.163. The maximum atomic E-state index is 13.4. The Morgan fingerprint density at radius 1 is 0.796 bits per heavy atom. The van der Waals surface area contributed by atoms with E-state index >= 15 is 0 Å². The van der Waals surface area contributed by atoms with Crippen LogP contribution in [0.4, 0.5) is 8.78 Å². The largest absolute Gasteiger partial charge is 0.392 e. The number of aliphatic hydroxyl groups excluding tert-OH is 1. The van der Waals surface area contributed by atoms with Crippen LogP contribution in [0.5, 0.6) is 0 Å². The second-order valence-corrected chi connectivity index (χ2v) is 13.0. The topological polar surface area (TPSA) is 56.2 Å². The van der Waals surface area contributed by atoms with E-state index in [0.717, 1.165) is 54.6 Å². The fraction of sp³-hybridized carbons (Fsp3) is 0.333. The lowest BCUT2D eigenvalue weighted by molar-refractivity contribution is -0.0140. The van der Waals surface area contributed by atoms with Gasteiger partial charge in [0.05, 0.1) is 13.2 Å². The van der Waals surface area contributed by atoms with Crippen molar-refractivity contribution in [3.63, 3.8) is 0 Å². The van der Waals surface area contributed by atoms with Gasteiger partial charge in [0, 0.05) is 11.1 Å². The molecule has 0 unspecified atom stereocenters. The Balaban J connectivity index is 0.000000221. The number of benzene rings is 4. The number of terminal acetylenes is 2. The first-order chi connectivity index (χ1) is 23.4. The molecule has 2 atom stereocenters. The zero-order valence-electron chi connectivity index (χ0n) is 28.8. The molecular weight excluding hydrogens is 618 g/mol. The van der Waals surface area contributed by atoms with E-state index in [4.69, 9.17) is 17.6 Å². The van der Waals surface area contributed by atoms with Crippen LogP contribution in [-0.4, -0.2) is 61.3 Å². The monoisotopic (exact) mass is 664 g/mol. The summed E-state index contributed by atoms with van der Waals surface area (Å²) >= 11 is 0. The van der Waals surface area contributed by atoms with Crippen LogP contribution in [0, 0.1) is 36.3 Å². The number of hydrogen-bond donors (Lipinski definition) is 2. The maximum Gasteiger partial charge on any atom is 0.123 e. The molecule has 5 nitrogen and oxygen atoms in total. The Kier molecular flexibility index (Phi) is 12.9. The molecule has 0 amide bonds. The molecule has 0 aliphatic carbocycles. The maximum absolute atomic E-state index is 13.4. The lowest BCUT2D eigenvalue weighted by atomic mass is 9.80. The van der Waals surface area contributed by atoms with Gasteiger partial charge in [0.1, 0.15) is 22.8 Å². The third kappa shape index (κ3) is 9.02. The number of fused-ring (bicyclic) bond motifs is 1. The average Bonchev–Trinajstić information content (AvgIpc) is 3.46. The molecule has 5 rings (SSSR count). The van der Waals surface area contributed by atoms with Gasteiger partial charge in [0.15, 0.2) is 0 Å². The lowest BCUT2D eigenvalue weighted by Gasteiger charge is -2.32. The molecule has 256 valence electrons. The second kappa shape index (κ2) is 16.9. The summed E-state index contributed by atoms with van der Waals surface area (Å²) < 4.78 is 33.0. The van der Waals surface area contributed by atoms with Gasteiger partial charge >= 0.3 is 0 Å². The van der Waals surface area contributed by atoms with Crippen molar-refractivity contribution in [1.82, 2.24) is 9.80 Å². The van der Waals surface area contributed by atoms with E-state index in [1.807, 2.05) is 43.3 Å². The van der Waals surface area contributed by atoms with Gasteiger partial charge in [-0.05, 0) is 149 Å². The Hall–Kier alpha value is -4.34. The normalized spacial score (nSPS) is 16.3. The first-order valence-corrected chi connectivity index (χ1v) is 16.4. The van der Waals surface area contributed by atoms with Crippen LogP contribution in [0.15, 0.2) is 84.9 Å². The highest BCUT2D eigenvalue weighted by molar-refractivity contribution is 5.49. The lowest BCUT2D eigenvalue weighted by Crippen LogP contribution is -2.30. The Morgan fingerprint density at radius 3 is 1.96 bits per heavy atom. The van der Waals surface area contributed by atoms with Crippen LogP contribution in [0.1, 0.15) is 70.2 Å². The predicted molar refractivity (Wildman–Crippen MR) is 192 cm³/mol. The molecule has 2 N–H and O–H groups in total. The number of ether oxygens (including phenoxy) is 1. The fourth-order valence-electron chi connectivity index (χ4n) is 6.46. The molecule has 7 heteroatoms. The third-order valence-corrected chi connectivity index (χ3v) is 8.98. The molecule has 0 spiro atoms. The van der Waals surface area contributed by atoms with Crippen molar-refractivity contribution in [2.75, 3.05) is 41.3 Å². The van der Waals surface area contributed by atoms with Gasteiger partial charge < -0.3 is 24.7 Å². The average molecular weight is 665 g/mol. The Bertz CT molecular complexity index is 1770. The van der Waals surface area contributed by atoms with Crippen molar-refractivity contribution in [3.8, 4) is 24.7 Å². The van der Waals surface area contributed by atoms with Crippen LogP contribution in [0.25, 0.3) is 0 Å². The molecule has 0 saturated heterocycles. The summed E-state index contributed by atoms with van der Waals surface area (Å²) in [5, 5.41) is 21.3. The van der Waals surface area contributed by atoms with Crippen LogP contribution in [0.2, 0.25) is 0 Å². The molecule has 4 aromatic carbocycles. The fourth-order valence-corrected chi connectivity index (χ4v) is 6.46. The smallest absolute Gasteiger partial charge is 0.123 e. The predicted octanol–water partition coefficient (Wildman–Crippen LogP) is 6.80. The van der Waals surface area contributed by atoms with Gasteiger partial charge in [-0.1, -0.05) is 48.2 Å². The molecule has 0 bridgehead atoms. The molecule has 1 aliphatic rings. The van der Waals surface area contributed by atoms with Gasteiger partial charge in [-0.3, -0.25) is 0 Å². The molecule has 4 aromatic rings. The van der Waals surface area contributed by atoms with Gasteiger partial charge in [0.25, 0.3) is 0 Å². The van der Waals surface area contributed by atoms with Crippen LogP contribution < -0.4 is 0 Å². The van der Waals surface area contributed by atoms with Crippen molar-refractivity contribution in [3.05, 3.63) is 141 Å². The van der Waals surface area contributed by atoms with Crippen LogP contribution >= 0.6 is 0 Å². The minimum Gasteiger partial charge on any atom is -0.392 e. The highest BCUT2D eigenvalue weighted by atomic mass is 19.1. The zero-order valence-corrected chi connectivity index (χ0v) is 28.8. The van der Waals surface area contributed by atoms with Crippen molar-refractivity contribution < 1.29 is 23.7 Å². The van der Waals surface area contributed by atoms with E-state index in [9.17, 15) is 19.0 Å². The van der Waals surface area contributed by atoms with Gasteiger partial charge in [-0.2, -0.15) is 0 Å². The minimum atomic E-state index is -1.32. The summed E-state index contributed by atoms with van der Waals surface area (Å²) in [7, 11) is 8.07. The van der Waals surface area contributed by atoms with Gasteiger partial charge in [-0.15, -0.1) is 12.8 Å². The third-order valence-electron chi connectivity index (χ3n) is 8.98. The molecule has 0 aromatic heterocycles. The summed E-state index contributed by atoms with van der Waals surface area (Å²) in [6, 6.07) is 23.7.